The van der Waals surface area contributed by atoms with Gasteiger partial charge in [0.2, 0.25) is 0 Å². The second kappa shape index (κ2) is 9.05. The molecule has 0 saturated heterocycles. The fourth-order valence-corrected chi connectivity index (χ4v) is 3.65. The van der Waals surface area contributed by atoms with E-state index in [1.807, 2.05) is 0 Å². The van der Waals surface area contributed by atoms with Gasteiger partial charge in [-0.15, -0.1) is 10.2 Å². The fraction of sp³-hybridized carbons (Fsp3) is 0.500. The summed E-state index contributed by atoms with van der Waals surface area (Å²) in [5, 5.41) is 8.09. The number of H-pyrrole nitrogens is 1. The molecule has 0 spiro atoms. The summed E-state index contributed by atoms with van der Waals surface area (Å²) in [7, 11) is 3.03. The molecule has 0 saturated carbocycles. The molecule has 152 valence electrons. The number of Topliss-reactive ketones (excluding diaryl/α,β-unsaturated/α-hetero) is 1. The number of hydrogen-bond acceptors (Lipinski definition) is 8. The van der Waals surface area contributed by atoms with Crippen LogP contribution in [-0.4, -0.2) is 56.4 Å². The molecule has 1 N–H and O–H groups in total. The molecule has 2 aromatic heterocycles. The highest BCUT2D eigenvalue weighted by Crippen LogP contribution is 2.27. The maximum absolute atomic E-state index is 12.9. The monoisotopic (exact) mass is 408 g/mol. The SMILES string of the molecule is CCOC(=O)Cc1nnc(S[C@@H](C)C(=O)c2[nH]c(C)c(C(=O)OC)c2C)n1C. The number of methoxy groups -OCH3 is 1. The highest BCUT2D eigenvalue weighted by molar-refractivity contribution is 8.00. The van der Waals surface area contributed by atoms with Gasteiger partial charge >= 0.3 is 11.9 Å². The van der Waals surface area contributed by atoms with Gasteiger partial charge in [0.25, 0.3) is 0 Å². The first-order valence-electron chi connectivity index (χ1n) is 8.73. The molecule has 10 heteroatoms. The van der Waals surface area contributed by atoms with Gasteiger partial charge in [-0.05, 0) is 33.3 Å². The summed E-state index contributed by atoms with van der Waals surface area (Å²) < 4.78 is 11.4. The first kappa shape index (κ1) is 21.7. The zero-order valence-corrected chi connectivity index (χ0v) is 17.6. The maximum Gasteiger partial charge on any atom is 0.339 e. The van der Waals surface area contributed by atoms with Crippen LogP contribution in [0.2, 0.25) is 0 Å². The van der Waals surface area contributed by atoms with Gasteiger partial charge in [-0.3, -0.25) is 9.59 Å². The summed E-state index contributed by atoms with van der Waals surface area (Å²) in [6, 6.07) is 0. The lowest BCUT2D eigenvalue weighted by Gasteiger charge is -2.10. The number of esters is 2. The summed E-state index contributed by atoms with van der Waals surface area (Å²) in [6.07, 6.45) is 0.0116. The molecule has 0 unspecified atom stereocenters. The molecular formula is C18H24N4O5S. The minimum atomic E-state index is -0.486. The Hall–Kier alpha value is -2.62. The third kappa shape index (κ3) is 4.44. The van der Waals surface area contributed by atoms with E-state index in [1.165, 1.54) is 18.9 Å². The van der Waals surface area contributed by atoms with Crippen molar-refractivity contribution >= 4 is 29.5 Å². The first-order valence-corrected chi connectivity index (χ1v) is 9.61. The molecule has 0 radical (unpaired) electrons. The number of rotatable bonds is 8. The number of carbonyl (C=O) groups is 3. The fourth-order valence-electron chi connectivity index (χ4n) is 2.76. The zero-order chi connectivity index (χ0) is 21.0. The Labute approximate surface area is 167 Å². The number of ketones is 1. The van der Waals surface area contributed by atoms with E-state index in [2.05, 4.69) is 15.2 Å². The second-order valence-electron chi connectivity index (χ2n) is 6.18. The summed E-state index contributed by atoms with van der Waals surface area (Å²) in [4.78, 5) is 39.4. The van der Waals surface area contributed by atoms with Crippen LogP contribution >= 0.6 is 11.8 Å². The van der Waals surface area contributed by atoms with Crippen LogP contribution in [0.1, 0.15) is 51.8 Å². The standard InChI is InChI=1S/C18H24N4O5S/c1-7-27-13(23)8-12-20-21-18(22(12)5)28-11(4)16(24)15-9(2)14(10(3)19-15)17(25)26-6/h11,19H,7-8H2,1-6H3/t11-/m0/s1. The zero-order valence-electron chi connectivity index (χ0n) is 16.8. The largest absolute Gasteiger partial charge is 0.466 e. The lowest BCUT2D eigenvalue weighted by atomic mass is 10.1. The van der Waals surface area contributed by atoms with Crippen molar-refractivity contribution < 1.29 is 23.9 Å². The van der Waals surface area contributed by atoms with Crippen LogP contribution in [-0.2, 0) is 27.7 Å². The average molecular weight is 408 g/mol. The quantitative estimate of drug-likeness (QED) is 0.401. The summed E-state index contributed by atoms with van der Waals surface area (Å²) in [6.45, 7) is 7.21. The summed E-state index contributed by atoms with van der Waals surface area (Å²) in [5.41, 5.74) is 1.88. The number of aromatic amines is 1. The van der Waals surface area contributed by atoms with E-state index in [4.69, 9.17) is 9.47 Å². The van der Waals surface area contributed by atoms with Crippen LogP contribution in [0, 0.1) is 13.8 Å². The van der Waals surface area contributed by atoms with Crippen molar-refractivity contribution in [3.8, 4) is 0 Å². The molecule has 0 amide bonds. The highest BCUT2D eigenvalue weighted by Gasteiger charge is 2.27. The van der Waals surface area contributed by atoms with Crippen molar-refractivity contribution in [2.75, 3.05) is 13.7 Å². The van der Waals surface area contributed by atoms with Gasteiger partial charge in [0, 0.05) is 12.7 Å². The number of hydrogen-bond donors (Lipinski definition) is 1. The van der Waals surface area contributed by atoms with E-state index in [1.54, 1.807) is 39.3 Å². The molecule has 9 nitrogen and oxygen atoms in total. The Kier molecular flexibility index (Phi) is 7.00. The molecule has 2 aromatic rings. The third-order valence-corrected chi connectivity index (χ3v) is 5.39. The number of nitrogens with one attached hydrogen (secondary N) is 1. The molecule has 2 heterocycles. The van der Waals surface area contributed by atoms with Crippen LogP contribution in [0.4, 0.5) is 0 Å². The van der Waals surface area contributed by atoms with Gasteiger partial charge in [-0.1, -0.05) is 11.8 Å². The van der Waals surface area contributed by atoms with Gasteiger partial charge in [-0.2, -0.15) is 0 Å². The minimum Gasteiger partial charge on any atom is -0.466 e. The number of carbonyl (C=O) groups excluding carboxylic acids is 3. The molecule has 0 bridgehead atoms. The number of thioether (sulfide) groups is 1. The van der Waals surface area contributed by atoms with Crippen LogP contribution < -0.4 is 0 Å². The maximum atomic E-state index is 12.9. The number of aromatic nitrogens is 4. The lowest BCUT2D eigenvalue weighted by molar-refractivity contribution is -0.142. The van der Waals surface area contributed by atoms with E-state index in [0.29, 0.717) is 40.1 Å². The van der Waals surface area contributed by atoms with Gasteiger partial charge in [0.05, 0.1) is 30.2 Å². The van der Waals surface area contributed by atoms with Crippen molar-refractivity contribution in [1.29, 1.82) is 0 Å². The van der Waals surface area contributed by atoms with Gasteiger partial charge < -0.3 is 19.0 Å². The molecule has 0 aliphatic carbocycles. The van der Waals surface area contributed by atoms with E-state index >= 15 is 0 Å². The van der Waals surface area contributed by atoms with Crippen LogP contribution in [0.15, 0.2) is 5.16 Å². The van der Waals surface area contributed by atoms with Crippen molar-refractivity contribution in [2.24, 2.45) is 7.05 Å². The molecule has 28 heavy (non-hydrogen) atoms. The number of nitrogens with zero attached hydrogens (tertiary/aromatic N) is 3. The Morgan fingerprint density at radius 2 is 1.93 bits per heavy atom. The van der Waals surface area contributed by atoms with E-state index in [0.717, 1.165) is 0 Å². The smallest absolute Gasteiger partial charge is 0.339 e. The molecule has 0 fully saturated rings. The van der Waals surface area contributed by atoms with Crippen LogP contribution in [0.5, 0.6) is 0 Å². The van der Waals surface area contributed by atoms with Gasteiger partial charge in [-0.25, -0.2) is 4.79 Å². The minimum absolute atomic E-state index is 0.0116. The number of aryl methyl sites for hydroxylation is 1. The molecular weight excluding hydrogens is 384 g/mol. The van der Waals surface area contributed by atoms with Crippen LogP contribution in [0.25, 0.3) is 0 Å². The molecule has 0 aliphatic heterocycles. The molecule has 2 rings (SSSR count). The van der Waals surface area contributed by atoms with Crippen molar-refractivity contribution in [3.63, 3.8) is 0 Å². The third-order valence-electron chi connectivity index (χ3n) is 4.26. The lowest BCUT2D eigenvalue weighted by Crippen LogP contribution is -2.17. The predicted molar refractivity (Wildman–Crippen MR) is 103 cm³/mol. The van der Waals surface area contributed by atoms with Crippen molar-refractivity contribution in [1.82, 2.24) is 19.7 Å². The Morgan fingerprint density at radius 1 is 1.25 bits per heavy atom. The highest BCUT2D eigenvalue weighted by atomic mass is 32.2. The number of ether oxygens (including phenoxy) is 2. The van der Waals surface area contributed by atoms with Crippen molar-refractivity contribution in [3.05, 3.63) is 28.3 Å². The molecule has 0 aliphatic rings. The van der Waals surface area contributed by atoms with Gasteiger partial charge in [0.1, 0.15) is 12.2 Å². The topological polar surface area (TPSA) is 116 Å². The van der Waals surface area contributed by atoms with Crippen LogP contribution in [0.3, 0.4) is 0 Å². The first-order chi connectivity index (χ1) is 13.2. The average Bonchev–Trinajstić information content (AvgIpc) is 3.14. The Morgan fingerprint density at radius 3 is 2.54 bits per heavy atom. The Bertz CT molecular complexity index is 902. The summed E-state index contributed by atoms with van der Waals surface area (Å²) >= 11 is 1.22. The Balaban J connectivity index is 2.17. The predicted octanol–water partition coefficient (Wildman–Crippen LogP) is 2.02. The van der Waals surface area contributed by atoms with E-state index in [-0.39, 0.29) is 18.2 Å². The van der Waals surface area contributed by atoms with Gasteiger partial charge in [0.15, 0.2) is 10.9 Å². The molecule has 0 aromatic carbocycles. The molecule has 1 atom stereocenters. The van der Waals surface area contributed by atoms with E-state index < -0.39 is 11.2 Å². The second-order valence-corrected chi connectivity index (χ2v) is 7.49. The normalized spacial score (nSPS) is 11.9. The van der Waals surface area contributed by atoms with Crippen molar-refractivity contribution in [2.45, 2.75) is 44.5 Å². The van der Waals surface area contributed by atoms with E-state index in [9.17, 15) is 14.4 Å². The summed E-state index contributed by atoms with van der Waals surface area (Å²) in [5.74, 6) is -0.579.